The predicted molar refractivity (Wildman–Crippen MR) is 81.7 cm³/mol. The lowest BCUT2D eigenvalue weighted by atomic mass is 10.1. The van der Waals surface area contributed by atoms with Gasteiger partial charge in [-0.05, 0) is 19.8 Å². The van der Waals surface area contributed by atoms with Crippen molar-refractivity contribution >= 4 is 5.82 Å². The first-order valence-electron chi connectivity index (χ1n) is 7.40. The fourth-order valence-corrected chi connectivity index (χ4v) is 2.30. The number of rotatable bonds is 7. The van der Waals surface area contributed by atoms with Crippen LogP contribution in [-0.4, -0.2) is 26.3 Å². The maximum Gasteiger partial charge on any atom is 0.133 e. The van der Waals surface area contributed by atoms with Gasteiger partial charge in [-0.3, -0.25) is 4.68 Å². The van der Waals surface area contributed by atoms with Crippen molar-refractivity contribution in [2.24, 2.45) is 0 Å². The molecule has 108 valence electrons. The van der Waals surface area contributed by atoms with Gasteiger partial charge in [0, 0.05) is 30.4 Å². The van der Waals surface area contributed by atoms with Crippen molar-refractivity contribution in [3.63, 3.8) is 0 Å². The lowest BCUT2D eigenvalue weighted by Crippen LogP contribution is -2.06. The van der Waals surface area contributed by atoms with Gasteiger partial charge in [-0.25, -0.2) is 9.97 Å². The van der Waals surface area contributed by atoms with E-state index in [1.165, 1.54) is 5.56 Å². The van der Waals surface area contributed by atoms with E-state index in [1.54, 1.807) is 6.33 Å². The Bertz CT molecular complexity index is 547. The maximum atomic E-state index is 4.48. The largest absolute Gasteiger partial charge is 0.370 e. The van der Waals surface area contributed by atoms with Crippen molar-refractivity contribution in [1.82, 2.24) is 19.7 Å². The van der Waals surface area contributed by atoms with Crippen LogP contribution in [0.5, 0.6) is 0 Å². The summed E-state index contributed by atoms with van der Waals surface area (Å²) in [6, 6.07) is 0. The Hall–Kier alpha value is -1.91. The van der Waals surface area contributed by atoms with Crippen LogP contribution >= 0.6 is 0 Å². The zero-order valence-corrected chi connectivity index (χ0v) is 12.6. The Morgan fingerprint density at radius 3 is 2.70 bits per heavy atom. The molecule has 0 aliphatic carbocycles. The van der Waals surface area contributed by atoms with E-state index in [1.807, 2.05) is 10.9 Å². The van der Waals surface area contributed by atoms with Crippen molar-refractivity contribution in [3.05, 3.63) is 24.3 Å². The van der Waals surface area contributed by atoms with E-state index in [-0.39, 0.29) is 0 Å². The van der Waals surface area contributed by atoms with Crippen LogP contribution in [-0.2, 0) is 13.0 Å². The number of aryl methyl sites for hydroxylation is 1. The average molecular weight is 273 g/mol. The molecule has 20 heavy (non-hydrogen) atoms. The normalized spacial score (nSPS) is 10.8. The molecule has 2 heterocycles. The molecular weight excluding hydrogens is 250 g/mol. The van der Waals surface area contributed by atoms with Crippen LogP contribution in [0.1, 0.15) is 39.2 Å². The molecule has 1 N–H and O–H groups in total. The van der Waals surface area contributed by atoms with E-state index in [9.17, 15) is 0 Å². The SMILES string of the molecule is CCCc1c(NCC)ncnc1-c1cnn(CCC)c1. The maximum absolute atomic E-state index is 4.48. The number of hydrogen-bond acceptors (Lipinski definition) is 4. The summed E-state index contributed by atoms with van der Waals surface area (Å²) in [4.78, 5) is 8.85. The van der Waals surface area contributed by atoms with Crippen molar-refractivity contribution < 1.29 is 0 Å². The van der Waals surface area contributed by atoms with Crippen LogP contribution < -0.4 is 5.32 Å². The molecule has 0 unspecified atom stereocenters. The molecule has 2 aromatic heterocycles. The number of aromatic nitrogens is 4. The van der Waals surface area contributed by atoms with Crippen LogP contribution in [0.25, 0.3) is 11.3 Å². The molecule has 0 saturated carbocycles. The zero-order valence-electron chi connectivity index (χ0n) is 12.6. The van der Waals surface area contributed by atoms with Gasteiger partial charge in [0.05, 0.1) is 11.9 Å². The molecule has 0 spiro atoms. The van der Waals surface area contributed by atoms with Crippen molar-refractivity contribution in [2.45, 2.75) is 46.6 Å². The highest BCUT2D eigenvalue weighted by Gasteiger charge is 2.13. The first-order valence-corrected chi connectivity index (χ1v) is 7.40. The molecule has 0 amide bonds. The second-order valence-corrected chi connectivity index (χ2v) is 4.82. The molecule has 2 rings (SSSR count). The number of nitrogens with one attached hydrogen (secondary N) is 1. The van der Waals surface area contributed by atoms with E-state index in [0.29, 0.717) is 0 Å². The summed E-state index contributed by atoms with van der Waals surface area (Å²) in [6.45, 7) is 8.21. The highest BCUT2D eigenvalue weighted by atomic mass is 15.3. The quantitative estimate of drug-likeness (QED) is 0.842. The van der Waals surface area contributed by atoms with Gasteiger partial charge in [-0.2, -0.15) is 5.10 Å². The summed E-state index contributed by atoms with van der Waals surface area (Å²) < 4.78 is 1.97. The topological polar surface area (TPSA) is 55.6 Å². The van der Waals surface area contributed by atoms with Crippen LogP contribution in [0, 0.1) is 0 Å². The van der Waals surface area contributed by atoms with Crippen molar-refractivity contribution in [2.75, 3.05) is 11.9 Å². The molecule has 0 fully saturated rings. The van der Waals surface area contributed by atoms with Crippen LogP contribution in [0.15, 0.2) is 18.7 Å². The molecule has 0 aliphatic rings. The minimum Gasteiger partial charge on any atom is -0.370 e. The summed E-state index contributed by atoms with van der Waals surface area (Å²) in [7, 11) is 0. The fourth-order valence-electron chi connectivity index (χ4n) is 2.30. The molecule has 5 heteroatoms. The molecular formula is C15H23N5. The van der Waals surface area contributed by atoms with Gasteiger partial charge in [0.15, 0.2) is 0 Å². The molecule has 0 saturated heterocycles. The highest BCUT2D eigenvalue weighted by Crippen LogP contribution is 2.26. The summed E-state index contributed by atoms with van der Waals surface area (Å²) >= 11 is 0. The third-order valence-corrected chi connectivity index (χ3v) is 3.15. The van der Waals surface area contributed by atoms with Gasteiger partial charge in [-0.1, -0.05) is 20.3 Å². The summed E-state index contributed by atoms with van der Waals surface area (Å²) in [6.07, 6.45) is 8.71. The molecule has 0 radical (unpaired) electrons. The van der Waals surface area contributed by atoms with Crippen molar-refractivity contribution in [3.8, 4) is 11.3 Å². The minimum absolute atomic E-state index is 0.863. The molecule has 0 bridgehead atoms. The Morgan fingerprint density at radius 2 is 2.00 bits per heavy atom. The molecule has 5 nitrogen and oxygen atoms in total. The first kappa shape index (κ1) is 14.5. The highest BCUT2D eigenvalue weighted by molar-refractivity contribution is 5.67. The summed E-state index contributed by atoms with van der Waals surface area (Å²) in [5.41, 5.74) is 3.26. The second-order valence-electron chi connectivity index (χ2n) is 4.82. The fraction of sp³-hybridized carbons (Fsp3) is 0.533. The minimum atomic E-state index is 0.863. The number of hydrogen-bond donors (Lipinski definition) is 1. The number of anilines is 1. The molecule has 0 aliphatic heterocycles. The number of nitrogens with zero attached hydrogens (tertiary/aromatic N) is 4. The van der Waals surface area contributed by atoms with E-state index in [4.69, 9.17) is 0 Å². The van der Waals surface area contributed by atoms with Gasteiger partial charge in [0.2, 0.25) is 0 Å². The van der Waals surface area contributed by atoms with Gasteiger partial charge in [-0.15, -0.1) is 0 Å². The lowest BCUT2D eigenvalue weighted by Gasteiger charge is -2.12. The molecule has 0 aromatic carbocycles. The average Bonchev–Trinajstić information content (AvgIpc) is 2.90. The van der Waals surface area contributed by atoms with Crippen LogP contribution in [0.3, 0.4) is 0 Å². The Morgan fingerprint density at radius 1 is 1.15 bits per heavy atom. The van der Waals surface area contributed by atoms with Crippen molar-refractivity contribution in [1.29, 1.82) is 0 Å². The molecule has 0 atom stereocenters. The third kappa shape index (κ3) is 3.15. The van der Waals surface area contributed by atoms with E-state index in [0.717, 1.165) is 49.4 Å². The Kier molecular flexibility index (Phi) is 5.09. The van der Waals surface area contributed by atoms with Gasteiger partial charge >= 0.3 is 0 Å². The lowest BCUT2D eigenvalue weighted by molar-refractivity contribution is 0.603. The second kappa shape index (κ2) is 7.03. The van der Waals surface area contributed by atoms with Crippen LogP contribution in [0.4, 0.5) is 5.82 Å². The van der Waals surface area contributed by atoms with E-state index in [2.05, 4.69) is 47.4 Å². The monoisotopic (exact) mass is 273 g/mol. The van der Waals surface area contributed by atoms with Gasteiger partial charge < -0.3 is 5.32 Å². The molecule has 2 aromatic rings. The summed E-state index contributed by atoms with van der Waals surface area (Å²) in [5, 5.41) is 7.72. The van der Waals surface area contributed by atoms with E-state index >= 15 is 0 Å². The Labute approximate surface area is 120 Å². The standard InChI is InChI=1S/C15H23N5/c1-4-7-13-14(17-11-18-15(13)16-6-3)12-9-19-20(10-12)8-5-2/h9-11H,4-8H2,1-3H3,(H,16,17,18). The van der Waals surface area contributed by atoms with Crippen LogP contribution in [0.2, 0.25) is 0 Å². The first-order chi connectivity index (χ1) is 9.80. The smallest absolute Gasteiger partial charge is 0.133 e. The Balaban J connectivity index is 2.40. The third-order valence-electron chi connectivity index (χ3n) is 3.15. The zero-order chi connectivity index (χ0) is 14.4. The van der Waals surface area contributed by atoms with E-state index < -0.39 is 0 Å². The summed E-state index contributed by atoms with van der Waals surface area (Å²) in [5.74, 6) is 0.947. The predicted octanol–water partition coefficient (Wildman–Crippen LogP) is 3.13. The van der Waals surface area contributed by atoms with Gasteiger partial charge in [0.25, 0.3) is 0 Å². The van der Waals surface area contributed by atoms with Gasteiger partial charge in [0.1, 0.15) is 12.1 Å².